The van der Waals surface area contributed by atoms with Crippen molar-refractivity contribution in [2.45, 2.75) is 50.7 Å². The van der Waals surface area contributed by atoms with Crippen molar-refractivity contribution in [3.63, 3.8) is 0 Å². The van der Waals surface area contributed by atoms with Crippen molar-refractivity contribution in [3.8, 4) is 17.3 Å². The van der Waals surface area contributed by atoms with E-state index in [0.717, 1.165) is 55.6 Å². The molecule has 0 bridgehead atoms. The first kappa shape index (κ1) is 19.6. The fourth-order valence-corrected chi connectivity index (χ4v) is 4.15. The number of pyridine rings is 1. The molecule has 2 atom stereocenters. The number of likely N-dealkylation sites (N-methyl/N-ethyl adjacent to an activating group) is 1. The summed E-state index contributed by atoms with van der Waals surface area (Å²) in [6.07, 6.45) is 6.58. The number of nitrogens with zero attached hydrogens (tertiary/aromatic N) is 4. The zero-order valence-electron chi connectivity index (χ0n) is 16.9. The second kappa shape index (κ2) is 8.32. The lowest BCUT2D eigenvalue weighted by atomic mass is 10.2. The topological polar surface area (TPSA) is 100 Å². The minimum atomic E-state index is -0.446. The van der Waals surface area contributed by atoms with Gasteiger partial charge in [-0.3, -0.25) is 9.78 Å². The van der Waals surface area contributed by atoms with E-state index < -0.39 is 6.10 Å². The van der Waals surface area contributed by atoms with Crippen molar-refractivity contribution in [1.82, 2.24) is 20.3 Å². The summed E-state index contributed by atoms with van der Waals surface area (Å²) in [6, 6.07) is 3.45. The number of methoxy groups -OCH3 is 1. The van der Waals surface area contributed by atoms with Crippen LogP contribution in [-0.4, -0.2) is 58.8 Å². The SMILES string of the molecule is COc1ccnc(-c2nc3c(c(N(C)CC(=O)N[C@@H]4CCC[C@H]4O)n2)CCC3)c1. The highest BCUT2D eigenvalue weighted by Crippen LogP contribution is 2.31. The van der Waals surface area contributed by atoms with Gasteiger partial charge >= 0.3 is 0 Å². The number of amides is 1. The van der Waals surface area contributed by atoms with Gasteiger partial charge in [-0.2, -0.15) is 0 Å². The van der Waals surface area contributed by atoms with Gasteiger partial charge in [-0.25, -0.2) is 9.97 Å². The van der Waals surface area contributed by atoms with E-state index in [4.69, 9.17) is 14.7 Å². The van der Waals surface area contributed by atoms with Crippen molar-refractivity contribution in [2.24, 2.45) is 0 Å². The molecule has 2 aliphatic carbocycles. The molecule has 2 aliphatic rings. The summed E-state index contributed by atoms with van der Waals surface area (Å²) in [5.41, 5.74) is 2.77. The van der Waals surface area contributed by atoms with E-state index in [9.17, 15) is 9.90 Å². The molecule has 8 heteroatoms. The van der Waals surface area contributed by atoms with Gasteiger partial charge in [0.2, 0.25) is 5.91 Å². The van der Waals surface area contributed by atoms with Crippen LogP contribution in [0.2, 0.25) is 0 Å². The number of aromatic nitrogens is 3. The van der Waals surface area contributed by atoms with Crippen LogP contribution in [0.4, 0.5) is 5.82 Å². The third-order valence-corrected chi connectivity index (χ3v) is 5.68. The standard InChI is InChI=1S/C21H27N5O3/c1-26(12-19(28)23-16-7-4-8-18(16)27)21-14-5-3-6-15(14)24-20(25-21)17-11-13(29-2)9-10-22-17/h9-11,16,18,27H,3-8,12H2,1-2H3,(H,23,28)/t16-,18-/m1/s1. The molecule has 1 amide bonds. The van der Waals surface area contributed by atoms with Crippen molar-refractivity contribution in [2.75, 3.05) is 25.6 Å². The smallest absolute Gasteiger partial charge is 0.239 e. The Labute approximate surface area is 170 Å². The Morgan fingerprint density at radius 1 is 1.31 bits per heavy atom. The molecule has 0 aromatic carbocycles. The highest BCUT2D eigenvalue weighted by atomic mass is 16.5. The fraction of sp³-hybridized carbons (Fsp3) is 0.524. The summed E-state index contributed by atoms with van der Waals surface area (Å²) in [4.78, 5) is 28.3. The molecule has 1 fully saturated rings. The van der Waals surface area contributed by atoms with Gasteiger partial charge < -0.3 is 20.1 Å². The minimum Gasteiger partial charge on any atom is -0.497 e. The Morgan fingerprint density at radius 2 is 2.17 bits per heavy atom. The molecule has 154 valence electrons. The van der Waals surface area contributed by atoms with Gasteiger partial charge in [-0.15, -0.1) is 0 Å². The maximum atomic E-state index is 12.5. The lowest BCUT2D eigenvalue weighted by molar-refractivity contribution is -0.121. The quantitative estimate of drug-likeness (QED) is 0.762. The largest absolute Gasteiger partial charge is 0.497 e. The molecule has 2 heterocycles. The molecule has 0 spiro atoms. The number of hydrogen-bond acceptors (Lipinski definition) is 7. The average Bonchev–Trinajstić information content (AvgIpc) is 3.36. The van der Waals surface area contributed by atoms with Gasteiger partial charge in [-0.1, -0.05) is 0 Å². The molecule has 2 N–H and O–H groups in total. The first-order chi connectivity index (χ1) is 14.0. The number of hydrogen-bond donors (Lipinski definition) is 2. The van der Waals surface area contributed by atoms with Crippen LogP contribution in [0.25, 0.3) is 11.5 Å². The number of anilines is 1. The first-order valence-corrected chi connectivity index (χ1v) is 10.1. The maximum absolute atomic E-state index is 12.5. The van der Waals surface area contributed by atoms with Crippen molar-refractivity contribution >= 4 is 11.7 Å². The number of nitrogens with one attached hydrogen (secondary N) is 1. The summed E-state index contributed by atoms with van der Waals surface area (Å²) in [5, 5.41) is 12.9. The summed E-state index contributed by atoms with van der Waals surface area (Å²) in [6.45, 7) is 0.178. The first-order valence-electron chi connectivity index (χ1n) is 10.1. The van der Waals surface area contributed by atoms with Gasteiger partial charge in [0.25, 0.3) is 0 Å². The third kappa shape index (κ3) is 4.17. The number of rotatable bonds is 6. The zero-order chi connectivity index (χ0) is 20.4. The lowest BCUT2D eigenvalue weighted by Gasteiger charge is -2.23. The Bertz CT molecular complexity index is 904. The molecule has 0 radical (unpaired) electrons. The van der Waals surface area contributed by atoms with Gasteiger partial charge in [0.05, 0.1) is 25.8 Å². The molecule has 2 aromatic rings. The summed E-state index contributed by atoms with van der Waals surface area (Å²) < 4.78 is 5.29. The van der Waals surface area contributed by atoms with Gasteiger partial charge in [-0.05, 0) is 44.6 Å². The van der Waals surface area contributed by atoms with Crippen LogP contribution < -0.4 is 15.0 Å². The van der Waals surface area contributed by atoms with E-state index in [-0.39, 0.29) is 18.5 Å². The van der Waals surface area contributed by atoms with Crippen molar-refractivity contribution < 1.29 is 14.6 Å². The summed E-state index contributed by atoms with van der Waals surface area (Å²) >= 11 is 0. The fourth-order valence-electron chi connectivity index (χ4n) is 4.15. The lowest BCUT2D eigenvalue weighted by Crippen LogP contribution is -2.44. The number of ether oxygens (including phenoxy) is 1. The molecular weight excluding hydrogens is 370 g/mol. The van der Waals surface area contributed by atoms with E-state index in [0.29, 0.717) is 17.3 Å². The molecule has 0 saturated heterocycles. The molecule has 2 aromatic heterocycles. The maximum Gasteiger partial charge on any atom is 0.239 e. The molecule has 8 nitrogen and oxygen atoms in total. The minimum absolute atomic E-state index is 0.107. The van der Waals surface area contributed by atoms with Crippen LogP contribution in [0, 0.1) is 0 Å². The number of aliphatic hydroxyl groups is 1. The number of fused-ring (bicyclic) bond motifs is 1. The Balaban J connectivity index is 1.57. The van der Waals surface area contributed by atoms with E-state index >= 15 is 0 Å². The highest BCUT2D eigenvalue weighted by molar-refractivity contribution is 5.81. The predicted octanol–water partition coefficient (Wildman–Crippen LogP) is 1.50. The summed E-state index contributed by atoms with van der Waals surface area (Å²) in [7, 11) is 3.48. The van der Waals surface area contributed by atoms with Crippen LogP contribution >= 0.6 is 0 Å². The Kier molecular flexibility index (Phi) is 5.62. The zero-order valence-corrected chi connectivity index (χ0v) is 16.9. The van der Waals surface area contributed by atoms with E-state index in [1.54, 1.807) is 19.4 Å². The summed E-state index contributed by atoms with van der Waals surface area (Å²) in [5.74, 6) is 1.90. The molecule has 0 unspecified atom stereocenters. The number of carbonyl (C=O) groups is 1. The van der Waals surface area contributed by atoms with Gasteiger partial charge in [0, 0.05) is 30.6 Å². The van der Waals surface area contributed by atoms with Crippen LogP contribution in [0.1, 0.15) is 36.9 Å². The van der Waals surface area contributed by atoms with Crippen LogP contribution in [0.3, 0.4) is 0 Å². The number of aryl methyl sites for hydroxylation is 1. The molecular formula is C21H27N5O3. The second-order valence-corrected chi connectivity index (χ2v) is 7.76. The Hall–Kier alpha value is -2.74. The monoisotopic (exact) mass is 397 g/mol. The normalized spacial score (nSPS) is 20.4. The van der Waals surface area contributed by atoms with E-state index in [2.05, 4.69) is 10.3 Å². The molecule has 0 aliphatic heterocycles. The Morgan fingerprint density at radius 3 is 2.93 bits per heavy atom. The molecule has 4 rings (SSSR count). The van der Waals surface area contributed by atoms with Crippen molar-refractivity contribution in [3.05, 3.63) is 29.6 Å². The molecule has 1 saturated carbocycles. The van der Waals surface area contributed by atoms with Gasteiger partial charge in [0.1, 0.15) is 17.3 Å². The predicted molar refractivity (Wildman–Crippen MR) is 109 cm³/mol. The second-order valence-electron chi connectivity index (χ2n) is 7.76. The van der Waals surface area contributed by atoms with Crippen molar-refractivity contribution in [1.29, 1.82) is 0 Å². The van der Waals surface area contributed by atoms with E-state index in [1.807, 2.05) is 18.0 Å². The third-order valence-electron chi connectivity index (χ3n) is 5.68. The molecule has 29 heavy (non-hydrogen) atoms. The average molecular weight is 397 g/mol. The number of carbonyl (C=O) groups excluding carboxylic acids is 1. The van der Waals surface area contributed by atoms with Crippen LogP contribution in [-0.2, 0) is 17.6 Å². The number of aliphatic hydroxyl groups excluding tert-OH is 1. The highest BCUT2D eigenvalue weighted by Gasteiger charge is 2.28. The van der Waals surface area contributed by atoms with E-state index in [1.165, 1.54) is 0 Å². The van der Waals surface area contributed by atoms with Crippen LogP contribution in [0.15, 0.2) is 18.3 Å². The van der Waals surface area contributed by atoms with Gasteiger partial charge in [0.15, 0.2) is 5.82 Å². The van der Waals surface area contributed by atoms with Crippen LogP contribution in [0.5, 0.6) is 5.75 Å².